The van der Waals surface area contributed by atoms with Crippen LogP contribution in [0.4, 0.5) is 0 Å². The summed E-state index contributed by atoms with van der Waals surface area (Å²) in [6.45, 7) is 3.63. The van der Waals surface area contributed by atoms with E-state index in [9.17, 15) is 9.59 Å². The number of benzene rings is 1. The molecule has 1 aromatic rings. The van der Waals surface area contributed by atoms with Crippen molar-refractivity contribution >= 4 is 35.2 Å². The Hall–Kier alpha value is -2.98. The summed E-state index contributed by atoms with van der Waals surface area (Å²) in [6.07, 6.45) is 2.94. The zero-order valence-corrected chi connectivity index (χ0v) is 12.9. The molecule has 2 amide bonds. The van der Waals surface area contributed by atoms with Crippen LogP contribution in [0.1, 0.15) is 5.56 Å². The maximum Gasteiger partial charge on any atom is 0.265 e. The Kier molecular flexibility index (Phi) is 5.23. The van der Waals surface area contributed by atoms with Gasteiger partial charge in [0.15, 0.2) is 11.7 Å². The highest BCUT2D eigenvalue weighted by Gasteiger charge is 2.32. The van der Waals surface area contributed by atoms with E-state index in [1.807, 2.05) is 6.07 Å². The normalized spacial score (nSPS) is 16.0. The predicted octanol–water partition coefficient (Wildman–Crippen LogP) is 1.40. The first-order chi connectivity index (χ1) is 11.1. The maximum atomic E-state index is 12.4. The van der Waals surface area contributed by atoms with Crippen molar-refractivity contribution in [3.05, 3.63) is 48.1 Å². The van der Waals surface area contributed by atoms with Crippen LogP contribution in [0, 0.1) is 11.3 Å². The molecule has 1 aliphatic rings. The quantitative estimate of drug-likeness (QED) is 0.383. The summed E-state index contributed by atoms with van der Waals surface area (Å²) < 4.78 is 5.29. The summed E-state index contributed by atoms with van der Waals surface area (Å²) in [4.78, 5) is 25.7. The number of nitriles is 1. The summed E-state index contributed by atoms with van der Waals surface area (Å²) in [5, 5.41) is 11.1. The Morgan fingerprint density at radius 2 is 2.13 bits per heavy atom. The molecule has 7 heteroatoms. The lowest BCUT2D eigenvalue weighted by atomic mass is 10.1. The molecule has 0 radical (unpaired) electrons. The van der Waals surface area contributed by atoms with E-state index in [2.05, 4.69) is 11.9 Å². The van der Waals surface area contributed by atoms with Crippen LogP contribution in [0.15, 0.2) is 42.5 Å². The van der Waals surface area contributed by atoms with Gasteiger partial charge >= 0.3 is 0 Å². The standard InChI is InChI=1S/C16H13N3O3S/c1-2-8-19-15(21)12(14(20)18-16(19)23)10-11-5-3-4-6-13(11)22-9-7-17/h2-6,10H,1,8-9H2,(H,18,20,23)/b12-10+. The number of carbonyl (C=O) groups excluding carboxylic acids is 2. The van der Waals surface area contributed by atoms with Crippen LogP contribution in [0.3, 0.4) is 0 Å². The molecule has 23 heavy (non-hydrogen) atoms. The predicted molar refractivity (Wildman–Crippen MR) is 88.2 cm³/mol. The molecule has 0 atom stereocenters. The van der Waals surface area contributed by atoms with Crippen LogP contribution in [0.25, 0.3) is 6.08 Å². The second-order valence-electron chi connectivity index (χ2n) is 4.51. The fourth-order valence-corrected chi connectivity index (χ4v) is 2.24. The van der Waals surface area contributed by atoms with Gasteiger partial charge in [-0.3, -0.25) is 19.8 Å². The maximum absolute atomic E-state index is 12.4. The van der Waals surface area contributed by atoms with Gasteiger partial charge < -0.3 is 4.74 Å². The molecule has 0 bridgehead atoms. The molecule has 0 unspecified atom stereocenters. The first-order valence-electron chi connectivity index (χ1n) is 6.67. The molecule has 0 spiro atoms. The monoisotopic (exact) mass is 327 g/mol. The van der Waals surface area contributed by atoms with Crippen LogP contribution in [-0.4, -0.2) is 35.0 Å². The first kappa shape index (κ1) is 16.4. The zero-order chi connectivity index (χ0) is 16.8. The Balaban J connectivity index is 2.39. The molecule has 6 nitrogen and oxygen atoms in total. The third-order valence-electron chi connectivity index (χ3n) is 3.01. The van der Waals surface area contributed by atoms with Crippen molar-refractivity contribution in [1.29, 1.82) is 5.26 Å². The topological polar surface area (TPSA) is 82.4 Å². The van der Waals surface area contributed by atoms with E-state index in [0.29, 0.717) is 11.3 Å². The van der Waals surface area contributed by atoms with Crippen LogP contribution in [0.2, 0.25) is 0 Å². The average molecular weight is 327 g/mol. The van der Waals surface area contributed by atoms with Gasteiger partial charge in [-0.25, -0.2) is 0 Å². The van der Waals surface area contributed by atoms with Crippen molar-refractivity contribution in [3.63, 3.8) is 0 Å². The van der Waals surface area contributed by atoms with Crippen LogP contribution < -0.4 is 10.1 Å². The molecular formula is C16H13N3O3S. The average Bonchev–Trinajstić information content (AvgIpc) is 2.54. The van der Waals surface area contributed by atoms with Gasteiger partial charge in [0.1, 0.15) is 17.4 Å². The van der Waals surface area contributed by atoms with E-state index >= 15 is 0 Å². The lowest BCUT2D eigenvalue weighted by Gasteiger charge is -2.27. The molecule has 116 valence electrons. The minimum absolute atomic E-state index is 0.0473. The van der Waals surface area contributed by atoms with E-state index in [0.717, 1.165) is 0 Å². The second kappa shape index (κ2) is 7.33. The second-order valence-corrected chi connectivity index (χ2v) is 4.89. The van der Waals surface area contributed by atoms with Gasteiger partial charge in [-0.2, -0.15) is 5.26 Å². The van der Waals surface area contributed by atoms with Crippen molar-refractivity contribution in [1.82, 2.24) is 10.2 Å². The lowest BCUT2D eigenvalue weighted by molar-refractivity contribution is -0.128. The minimum Gasteiger partial charge on any atom is -0.478 e. The molecule has 1 aliphatic heterocycles. The molecule has 1 fully saturated rings. The number of amides is 2. The van der Waals surface area contributed by atoms with E-state index in [-0.39, 0.29) is 23.8 Å². The van der Waals surface area contributed by atoms with Gasteiger partial charge in [0, 0.05) is 12.1 Å². The van der Waals surface area contributed by atoms with Crippen LogP contribution in [-0.2, 0) is 9.59 Å². The van der Waals surface area contributed by atoms with Crippen molar-refractivity contribution in [3.8, 4) is 11.8 Å². The number of nitrogens with zero attached hydrogens (tertiary/aromatic N) is 2. The van der Waals surface area contributed by atoms with Gasteiger partial charge in [-0.1, -0.05) is 24.3 Å². The van der Waals surface area contributed by atoms with E-state index in [1.54, 1.807) is 24.3 Å². The fourth-order valence-electron chi connectivity index (χ4n) is 1.99. The fraction of sp³-hybridized carbons (Fsp3) is 0.125. The van der Waals surface area contributed by atoms with Crippen LogP contribution >= 0.6 is 12.2 Å². The molecule has 0 saturated carbocycles. The molecule has 0 aliphatic carbocycles. The number of ether oxygens (including phenoxy) is 1. The Morgan fingerprint density at radius 1 is 1.39 bits per heavy atom. The molecular weight excluding hydrogens is 314 g/mol. The number of hydrogen-bond acceptors (Lipinski definition) is 5. The van der Waals surface area contributed by atoms with Crippen molar-refractivity contribution in [2.45, 2.75) is 0 Å². The van der Waals surface area contributed by atoms with Gasteiger partial charge in [0.25, 0.3) is 11.8 Å². The Labute approximate surface area is 138 Å². The summed E-state index contributed by atoms with van der Waals surface area (Å²) in [5.41, 5.74) is 0.459. The van der Waals surface area contributed by atoms with Crippen LogP contribution in [0.5, 0.6) is 5.75 Å². The highest BCUT2D eigenvalue weighted by molar-refractivity contribution is 7.80. The first-order valence-corrected chi connectivity index (χ1v) is 7.08. The van der Waals surface area contributed by atoms with Gasteiger partial charge in [-0.05, 0) is 24.4 Å². The number of thiocarbonyl (C=S) groups is 1. The summed E-state index contributed by atoms with van der Waals surface area (Å²) in [6, 6.07) is 8.68. The third kappa shape index (κ3) is 3.62. The SMILES string of the molecule is C=CCN1C(=O)/C(=C/c2ccccc2OCC#N)C(=O)NC1=S. The molecule has 1 aromatic carbocycles. The van der Waals surface area contributed by atoms with E-state index in [4.69, 9.17) is 22.2 Å². The largest absolute Gasteiger partial charge is 0.478 e. The molecule has 1 saturated heterocycles. The summed E-state index contributed by atoms with van der Waals surface area (Å²) >= 11 is 4.98. The summed E-state index contributed by atoms with van der Waals surface area (Å²) in [7, 11) is 0. The highest BCUT2D eigenvalue weighted by Crippen LogP contribution is 2.22. The third-order valence-corrected chi connectivity index (χ3v) is 3.33. The highest BCUT2D eigenvalue weighted by atomic mass is 32.1. The van der Waals surface area contributed by atoms with E-state index in [1.165, 1.54) is 17.1 Å². The zero-order valence-electron chi connectivity index (χ0n) is 12.1. The van der Waals surface area contributed by atoms with Crippen molar-refractivity contribution in [2.75, 3.05) is 13.2 Å². The van der Waals surface area contributed by atoms with E-state index < -0.39 is 11.8 Å². The molecule has 2 rings (SSSR count). The number of nitrogens with one attached hydrogen (secondary N) is 1. The van der Waals surface area contributed by atoms with Crippen molar-refractivity contribution < 1.29 is 14.3 Å². The minimum atomic E-state index is -0.574. The Morgan fingerprint density at radius 3 is 2.83 bits per heavy atom. The number of para-hydroxylation sites is 1. The Bertz CT molecular complexity index is 749. The lowest BCUT2D eigenvalue weighted by Crippen LogP contribution is -2.53. The van der Waals surface area contributed by atoms with Gasteiger partial charge in [-0.15, -0.1) is 6.58 Å². The van der Waals surface area contributed by atoms with Gasteiger partial charge in [0.05, 0.1) is 0 Å². The molecule has 1 heterocycles. The molecule has 1 N–H and O–H groups in total. The number of hydrogen-bond donors (Lipinski definition) is 1. The molecule has 0 aromatic heterocycles. The van der Waals surface area contributed by atoms with Gasteiger partial charge in [0.2, 0.25) is 0 Å². The summed E-state index contributed by atoms with van der Waals surface area (Å²) in [5.74, 6) is -0.672. The smallest absolute Gasteiger partial charge is 0.265 e. The van der Waals surface area contributed by atoms with Crippen molar-refractivity contribution in [2.24, 2.45) is 0 Å². The number of carbonyl (C=O) groups is 2. The number of rotatable bonds is 5.